The summed E-state index contributed by atoms with van der Waals surface area (Å²) in [6.45, 7) is 8.41. The van der Waals surface area contributed by atoms with Crippen LogP contribution in [0, 0.1) is 11.8 Å². The molecule has 0 aliphatic heterocycles. The molecule has 194 valence electrons. The third-order valence-corrected chi connectivity index (χ3v) is 5.96. The van der Waals surface area contributed by atoms with E-state index in [0.717, 1.165) is 4.68 Å². The van der Waals surface area contributed by atoms with E-state index in [1.807, 2.05) is 27.7 Å². The number of rotatable bonds is 9. The van der Waals surface area contributed by atoms with Crippen molar-refractivity contribution >= 4 is 28.4 Å². The van der Waals surface area contributed by atoms with Gasteiger partial charge in [-0.15, -0.1) is 5.10 Å². The lowest BCUT2D eigenvalue weighted by Crippen LogP contribution is -2.29. The summed E-state index contributed by atoms with van der Waals surface area (Å²) < 4.78 is 8.94. The highest BCUT2D eigenvalue weighted by atomic mass is 16.5. The SMILES string of the molecule is COc1ccc(C(=O)Cn2nc3n(CC(C)C)c(=O)c4ccc(C(=O)NCC(C)C)cc4n3c2=O)cc1. The number of hydrogen-bond acceptors (Lipinski definition) is 6. The van der Waals surface area contributed by atoms with Crippen molar-refractivity contribution in [3.05, 3.63) is 74.4 Å². The molecule has 1 amide bonds. The number of fused-ring (bicyclic) bond motifs is 3. The standard InChI is InChI=1S/C27H31N5O5/c1-16(2)13-28-24(34)19-8-11-21-22(12-19)32-26(30(25(21)35)14-17(3)4)29-31(27(32)36)15-23(33)18-6-9-20(37-5)10-7-18/h6-12,16-17H,13-15H2,1-5H3,(H,28,34). The van der Waals surface area contributed by atoms with E-state index in [0.29, 0.717) is 30.0 Å². The number of ketones is 1. The summed E-state index contributed by atoms with van der Waals surface area (Å²) in [6.07, 6.45) is 0. The van der Waals surface area contributed by atoms with Crippen LogP contribution in [0.25, 0.3) is 16.7 Å². The maximum Gasteiger partial charge on any atom is 0.352 e. The second kappa shape index (κ2) is 10.4. The maximum atomic E-state index is 13.5. The highest BCUT2D eigenvalue weighted by Gasteiger charge is 2.21. The molecular formula is C27H31N5O5. The monoisotopic (exact) mass is 505 g/mol. The molecule has 0 spiro atoms. The van der Waals surface area contributed by atoms with Gasteiger partial charge in [0.25, 0.3) is 11.5 Å². The van der Waals surface area contributed by atoms with Gasteiger partial charge in [0.15, 0.2) is 5.78 Å². The zero-order chi connectivity index (χ0) is 26.9. The van der Waals surface area contributed by atoms with E-state index in [1.54, 1.807) is 36.4 Å². The van der Waals surface area contributed by atoms with Crippen LogP contribution in [0.2, 0.25) is 0 Å². The first-order chi connectivity index (χ1) is 17.6. The predicted molar refractivity (Wildman–Crippen MR) is 141 cm³/mol. The molecule has 0 radical (unpaired) electrons. The number of carbonyl (C=O) groups excluding carboxylic acids is 2. The Kier molecular flexibility index (Phi) is 7.28. The molecule has 0 fully saturated rings. The maximum absolute atomic E-state index is 13.5. The van der Waals surface area contributed by atoms with Crippen molar-refractivity contribution in [2.75, 3.05) is 13.7 Å². The Morgan fingerprint density at radius 1 is 0.973 bits per heavy atom. The zero-order valence-electron chi connectivity index (χ0n) is 21.6. The lowest BCUT2D eigenvalue weighted by atomic mass is 10.1. The fourth-order valence-electron chi connectivity index (χ4n) is 4.09. The molecule has 4 rings (SSSR count). The van der Waals surface area contributed by atoms with Crippen LogP contribution in [0.4, 0.5) is 0 Å². The van der Waals surface area contributed by atoms with Crippen LogP contribution in [-0.4, -0.2) is 44.1 Å². The van der Waals surface area contributed by atoms with Crippen LogP contribution in [0.5, 0.6) is 5.75 Å². The van der Waals surface area contributed by atoms with E-state index in [9.17, 15) is 19.2 Å². The zero-order valence-corrected chi connectivity index (χ0v) is 21.6. The van der Waals surface area contributed by atoms with Crippen molar-refractivity contribution in [3.8, 4) is 5.75 Å². The molecule has 2 aromatic heterocycles. The molecule has 0 unspecified atom stereocenters. The van der Waals surface area contributed by atoms with Crippen LogP contribution < -0.4 is 21.3 Å². The number of amides is 1. The molecule has 0 aliphatic rings. The first-order valence-electron chi connectivity index (χ1n) is 12.2. The Labute approximate surface area is 213 Å². The molecule has 0 aliphatic carbocycles. The number of methoxy groups -OCH3 is 1. The van der Waals surface area contributed by atoms with Crippen LogP contribution >= 0.6 is 0 Å². The highest BCUT2D eigenvalue weighted by Crippen LogP contribution is 2.16. The van der Waals surface area contributed by atoms with Crippen LogP contribution in [0.3, 0.4) is 0 Å². The number of benzene rings is 2. The van der Waals surface area contributed by atoms with E-state index in [-0.39, 0.29) is 52.3 Å². The number of Topliss-reactive ketones (excluding diaryl/α,β-unsaturated/α-hetero) is 1. The van der Waals surface area contributed by atoms with Crippen molar-refractivity contribution in [2.45, 2.75) is 40.8 Å². The van der Waals surface area contributed by atoms with Gasteiger partial charge in [0, 0.05) is 24.2 Å². The number of carbonyl (C=O) groups is 2. The number of nitrogens with one attached hydrogen (secondary N) is 1. The molecule has 4 aromatic rings. The Hall–Kier alpha value is -4.21. The summed E-state index contributed by atoms with van der Waals surface area (Å²) >= 11 is 0. The van der Waals surface area contributed by atoms with Crippen molar-refractivity contribution < 1.29 is 14.3 Å². The first-order valence-corrected chi connectivity index (χ1v) is 12.2. The fraction of sp³-hybridized carbons (Fsp3) is 0.370. The van der Waals surface area contributed by atoms with Gasteiger partial charge >= 0.3 is 5.69 Å². The minimum atomic E-state index is -0.570. The average molecular weight is 506 g/mol. The molecule has 0 atom stereocenters. The van der Waals surface area contributed by atoms with Gasteiger partial charge in [-0.3, -0.25) is 19.0 Å². The van der Waals surface area contributed by atoms with Gasteiger partial charge in [-0.05, 0) is 54.3 Å². The molecule has 0 saturated heterocycles. The molecule has 37 heavy (non-hydrogen) atoms. The second-order valence-electron chi connectivity index (χ2n) is 9.87. The van der Waals surface area contributed by atoms with E-state index < -0.39 is 5.69 Å². The van der Waals surface area contributed by atoms with E-state index >= 15 is 0 Å². The summed E-state index contributed by atoms with van der Waals surface area (Å²) in [4.78, 5) is 52.6. The average Bonchev–Trinajstić information content (AvgIpc) is 3.20. The molecule has 1 N–H and O–H groups in total. The third kappa shape index (κ3) is 5.18. The number of hydrogen-bond donors (Lipinski definition) is 1. The van der Waals surface area contributed by atoms with Gasteiger partial charge in [0.05, 0.1) is 18.0 Å². The molecule has 10 nitrogen and oxygen atoms in total. The normalized spacial score (nSPS) is 11.5. The van der Waals surface area contributed by atoms with Gasteiger partial charge in [0.2, 0.25) is 5.78 Å². The molecule has 2 heterocycles. The van der Waals surface area contributed by atoms with Gasteiger partial charge in [-0.1, -0.05) is 27.7 Å². The number of ether oxygens (including phenoxy) is 1. The van der Waals surface area contributed by atoms with Gasteiger partial charge in [-0.25, -0.2) is 13.9 Å². The van der Waals surface area contributed by atoms with Gasteiger partial charge in [-0.2, -0.15) is 0 Å². The largest absolute Gasteiger partial charge is 0.497 e. The van der Waals surface area contributed by atoms with Gasteiger partial charge in [0.1, 0.15) is 12.3 Å². The van der Waals surface area contributed by atoms with Crippen LogP contribution in [-0.2, 0) is 13.1 Å². The Morgan fingerprint density at radius 3 is 2.27 bits per heavy atom. The third-order valence-electron chi connectivity index (χ3n) is 5.96. The van der Waals surface area contributed by atoms with Crippen molar-refractivity contribution in [3.63, 3.8) is 0 Å². The smallest absolute Gasteiger partial charge is 0.352 e. The fourth-order valence-corrected chi connectivity index (χ4v) is 4.09. The van der Waals surface area contributed by atoms with E-state index in [2.05, 4.69) is 10.4 Å². The first kappa shape index (κ1) is 25.9. The van der Waals surface area contributed by atoms with Crippen LogP contribution in [0.1, 0.15) is 48.4 Å². The number of aromatic nitrogens is 4. The minimum Gasteiger partial charge on any atom is -0.497 e. The summed E-state index contributed by atoms with van der Waals surface area (Å²) in [5.74, 6) is 0.483. The minimum absolute atomic E-state index is 0.0983. The molecule has 0 saturated carbocycles. The summed E-state index contributed by atoms with van der Waals surface area (Å²) in [5, 5.41) is 7.53. The summed E-state index contributed by atoms with van der Waals surface area (Å²) in [7, 11) is 1.54. The second-order valence-corrected chi connectivity index (χ2v) is 9.87. The quantitative estimate of drug-likeness (QED) is 0.350. The molecule has 2 aromatic carbocycles. The van der Waals surface area contributed by atoms with E-state index in [1.165, 1.54) is 22.1 Å². The lowest BCUT2D eigenvalue weighted by molar-refractivity contribution is 0.0946. The van der Waals surface area contributed by atoms with Gasteiger partial charge < -0.3 is 10.1 Å². The predicted octanol–water partition coefficient (Wildman–Crippen LogP) is 2.74. The van der Waals surface area contributed by atoms with Crippen LogP contribution in [0.15, 0.2) is 52.1 Å². The molecule has 10 heteroatoms. The van der Waals surface area contributed by atoms with Crippen molar-refractivity contribution in [1.82, 2.24) is 24.1 Å². The Bertz CT molecular complexity index is 1590. The Morgan fingerprint density at radius 2 is 1.65 bits per heavy atom. The molecule has 0 bridgehead atoms. The van der Waals surface area contributed by atoms with Crippen molar-refractivity contribution in [1.29, 1.82) is 0 Å². The number of nitrogens with zero attached hydrogens (tertiary/aromatic N) is 4. The lowest BCUT2D eigenvalue weighted by Gasteiger charge is -2.13. The topological polar surface area (TPSA) is 117 Å². The summed E-state index contributed by atoms with van der Waals surface area (Å²) in [6, 6.07) is 11.2. The van der Waals surface area contributed by atoms with Crippen molar-refractivity contribution in [2.24, 2.45) is 11.8 Å². The highest BCUT2D eigenvalue weighted by molar-refractivity contribution is 5.98. The summed E-state index contributed by atoms with van der Waals surface area (Å²) in [5.41, 5.74) is 0.108. The molecular weight excluding hydrogens is 474 g/mol. The van der Waals surface area contributed by atoms with E-state index in [4.69, 9.17) is 4.74 Å². The Balaban J connectivity index is 1.86.